The van der Waals surface area contributed by atoms with Gasteiger partial charge in [0.05, 0.1) is 0 Å². The fourth-order valence-corrected chi connectivity index (χ4v) is 4.20. The summed E-state index contributed by atoms with van der Waals surface area (Å²) in [7, 11) is 0. The van der Waals surface area contributed by atoms with E-state index in [2.05, 4.69) is 0 Å². The van der Waals surface area contributed by atoms with Gasteiger partial charge < -0.3 is 9.80 Å². The average Bonchev–Trinajstić information content (AvgIpc) is 3.48. The van der Waals surface area contributed by atoms with Crippen LogP contribution in [0.1, 0.15) is 25.0 Å². The van der Waals surface area contributed by atoms with E-state index in [1.54, 1.807) is 47.9 Å². The second-order valence-corrected chi connectivity index (χ2v) is 8.49. The van der Waals surface area contributed by atoms with Crippen LogP contribution in [0.2, 0.25) is 0 Å². The molecule has 0 aromatic heterocycles. The molecule has 166 valence electrons. The quantitative estimate of drug-likeness (QED) is 0.698. The normalized spacial score (nSPS) is 17.8. The van der Waals surface area contributed by atoms with Crippen molar-refractivity contribution in [3.05, 3.63) is 83.4 Å². The fourth-order valence-electron chi connectivity index (χ4n) is 4.20. The number of hydrogen-bond acceptors (Lipinski definition) is 2. The lowest BCUT2D eigenvalue weighted by Gasteiger charge is -2.28. The Morgan fingerprint density at radius 3 is 1.38 bits per heavy atom. The summed E-state index contributed by atoms with van der Waals surface area (Å²) in [6, 6.07) is 12.5. The molecule has 0 bridgehead atoms. The highest BCUT2D eigenvalue weighted by Gasteiger charge is 2.34. The molecule has 4 rings (SSSR count). The highest BCUT2D eigenvalue weighted by molar-refractivity contribution is 5.90. The van der Waals surface area contributed by atoms with E-state index in [9.17, 15) is 18.4 Å². The zero-order chi connectivity index (χ0) is 22.8. The summed E-state index contributed by atoms with van der Waals surface area (Å²) < 4.78 is 26.3. The van der Waals surface area contributed by atoms with E-state index in [1.807, 2.05) is 12.2 Å². The van der Waals surface area contributed by atoms with E-state index >= 15 is 0 Å². The van der Waals surface area contributed by atoms with Crippen molar-refractivity contribution in [3.8, 4) is 0 Å². The van der Waals surface area contributed by atoms with Crippen molar-refractivity contribution >= 4 is 23.0 Å². The van der Waals surface area contributed by atoms with Crippen LogP contribution in [0.15, 0.2) is 60.7 Å². The van der Waals surface area contributed by atoms with Crippen molar-refractivity contribution in [3.63, 3.8) is 0 Å². The Hall–Kier alpha value is -3.28. The van der Waals surface area contributed by atoms with Gasteiger partial charge in [-0.1, -0.05) is 50.3 Å². The lowest BCUT2D eigenvalue weighted by molar-refractivity contribution is -0.143. The molecular formula is C26H26F2N2O2. The number of halogens is 2. The van der Waals surface area contributed by atoms with E-state index in [1.165, 1.54) is 24.3 Å². The van der Waals surface area contributed by atoms with Crippen molar-refractivity contribution in [1.29, 1.82) is 0 Å². The summed E-state index contributed by atoms with van der Waals surface area (Å²) in [5.74, 6) is -1.63. The monoisotopic (exact) mass is 436 g/mol. The maximum absolute atomic E-state index is 13.2. The largest absolute Gasteiger partial charge is 0.334 e. The van der Waals surface area contributed by atoms with E-state index in [4.69, 9.17) is 0 Å². The predicted molar refractivity (Wildman–Crippen MR) is 120 cm³/mol. The van der Waals surface area contributed by atoms with Gasteiger partial charge >= 0.3 is 0 Å². The topological polar surface area (TPSA) is 40.6 Å². The van der Waals surface area contributed by atoms with E-state index in [-0.39, 0.29) is 23.4 Å². The molecule has 0 saturated carbocycles. The molecule has 6 heteroatoms. The molecule has 2 unspecified atom stereocenters. The third-order valence-corrected chi connectivity index (χ3v) is 6.42. The molecule has 0 aliphatic carbocycles. The number of carbonyl (C=O) groups excluding carboxylic acids is 2. The maximum Gasteiger partial charge on any atom is 0.226 e. The van der Waals surface area contributed by atoms with Crippen molar-refractivity contribution in [1.82, 2.24) is 9.80 Å². The molecule has 0 N–H and O–H groups in total. The van der Waals surface area contributed by atoms with Crippen molar-refractivity contribution < 1.29 is 18.4 Å². The van der Waals surface area contributed by atoms with Gasteiger partial charge in [0, 0.05) is 38.0 Å². The molecule has 0 saturated heterocycles. The van der Waals surface area contributed by atoms with E-state index in [0.29, 0.717) is 26.2 Å². The van der Waals surface area contributed by atoms with Crippen LogP contribution in [0.3, 0.4) is 0 Å². The highest BCUT2D eigenvalue weighted by atomic mass is 19.1. The summed E-state index contributed by atoms with van der Waals surface area (Å²) in [6.45, 7) is 5.47. The molecule has 0 fully saturated rings. The molecule has 2 aliphatic rings. The molecule has 32 heavy (non-hydrogen) atoms. The molecule has 2 aliphatic heterocycles. The van der Waals surface area contributed by atoms with Gasteiger partial charge in [-0.2, -0.15) is 0 Å². The lowest BCUT2D eigenvalue weighted by Crippen LogP contribution is -2.42. The fraction of sp³-hybridized carbons (Fsp3) is 0.308. The molecule has 0 spiro atoms. The number of hydrogen-bond donors (Lipinski definition) is 0. The molecule has 0 radical (unpaired) electrons. The van der Waals surface area contributed by atoms with Gasteiger partial charge in [-0.05, 0) is 46.5 Å². The first-order valence-electron chi connectivity index (χ1n) is 10.8. The minimum absolute atomic E-state index is 0.0647. The Bertz CT molecular complexity index is 987. The van der Waals surface area contributed by atoms with Gasteiger partial charge in [0.2, 0.25) is 11.8 Å². The Morgan fingerprint density at radius 1 is 0.688 bits per heavy atom. The summed E-state index contributed by atoms with van der Waals surface area (Å²) in [5.41, 5.74) is 3.76. The van der Waals surface area contributed by atoms with Gasteiger partial charge in [-0.3, -0.25) is 9.59 Å². The third-order valence-electron chi connectivity index (χ3n) is 6.42. The van der Waals surface area contributed by atoms with Crippen LogP contribution in [0.4, 0.5) is 8.78 Å². The molecular weight excluding hydrogens is 410 g/mol. The van der Waals surface area contributed by atoms with Crippen LogP contribution in [0.25, 0.3) is 11.1 Å². The summed E-state index contributed by atoms with van der Waals surface area (Å²) in [6.07, 6.45) is 3.95. The van der Waals surface area contributed by atoms with Crippen LogP contribution in [0, 0.1) is 23.5 Å². The predicted octanol–water partition coefficient (Wildman–Crippen LogP) is 4.39. The molecule has 2 amide bonds. The summed E-state index contributed by atoms with van der Waals surface area (Å²) in [5, 5.41) is 0. The number of carbonyl (C=O) groups is 2. The molecule has 2 aromatic carbocycles. The van der Waals surface area contributed by atoms with Gasteiger partial charge in [0.1, 0.15) is 11.6 Å². The Labute approximate surface area is 186 Å². The number of benzene rings is 2. The first kappa shape index (κ1) is 21.9. The first-order valence-corrected chi connectivity index (χ1v) is 10.8. The summed E-state index contributed by atoms with van der Waals surface area (Å²) >= 11 is 0. The standard InChI is InChI=1S/C26H26F2N2O2/c1-17(25(31)29-13-11-21(15-29)19-3-7-23(27)8-4-19)18(2)26(32)30-14-12-22(16-30)20-5-9-24(28)10-6-20/h3-12,17-18H,13-16H2,1-2H3. The zero-order valence-electron chi connectivity index (χ0n) is 18.2. The smallest absolute Gasteiger partial charge is 0.226 e. The maximum atomic E-state index is 13.2. The second-order valence-electron chi connectivity index (χ2n) is 8.49. The van der Waals surface area contributed by atoms with Crippen molar-refractivity contribution in [2.45, 2.75) is 13.8 Å². The Morgan fingerprint density at radius 2 is 1.03 bits per heavy atom. The molecule has 2 atom stereocenters. The zero-order valence-corrected chi connectivity index (χ0v) is 18.2. The van der Waals surface area contributed by atoms with Gasteiger partial charge in [0.25, 0.3) is 0 Å². The Balaban J connectivity index is 1.34. The van der Waals surface area contributed by atoms with Crippen molar-refractivity contribution in [2.24, 2.45) is 11.8 Å². The van der Waals surface area contributed by atoms with Crippen molar-refractivity contribution in [2.75, 3.05) is 26.2 Å². The van der Waals surface area contributed by atoms with Gasteiger partial charge in [-0.15, -0.1) is 0 Å². The second kappa shape index (κ2) is 9.07. The average molecular weight is 437 g/mol. The van der Waals surface area contributed by atoms with Crippen LogP contribution in [-0.2, 0) is 9.59 Å². The van der Waals surface area contributed by atoms with Gasteiger partial charge in [0.15, 0.2) is 0 Å². The summed E-state index contributed by atoms with van der Waals surface area (Å²) in [4.78, 5) is 29.6. The molecule has 4 nitrogen and oxygen atoms in total. The minimum atomic E-state index is -0.460. The highest BCUT2D eigenvalue weighted by Crippen LogP contribution is 2.27. The number of amides is 2. The SMILES string of the molecule is CC(C(=O)N1CC=C(c2ccc(F)cc2)C1)C(C)C(=O)N1CC=C(c2ccc(F)cc2)C1. The number of nitrogens with zero attached hydrogens (tertiary/aromatic N) is 2. The van der Waals surface area contributed by atoms with Gasteiger partial charge in [-0.25, -0.2) is 8.78 Å². The lowest BCUT2D eigenvalue weighted by atomic mass is 9.93. The van der Waals surface area contributed by atoms with E-state index < -0.39 is 11.8 Å². The third kappa shape index (κ3) is 4.49. The van der Waals surface area contributed by atoms with E-state index in [0.717, 1.165) is 22.3 Å². The number of rotatable bonds is 5. The Kier molecular flexibility index (Phi) is 6.21. The van der Waals surface area contributed by atoms with Crippen LogP contribution < -0.4 is 0 Å². The van der Waals surface area contributed by atoms with Crippen LogP contribution >= 0.6 is 0 Å². The molecule has 2 heterocycles. The minimum Gasteiger partial charge on any atom is -0.334 e. The first-order chi connectivity index (χ1) is 15.3. The van der Waals surface area contributed by atoms with Crippen LogP contribution in [0.5, 0.6) is 0 Å². The van der Waals surface area contributed by atoms with Crippen LogP contribution in [-0.4, -0.2) is 47.8 Å². The molecule has 2 aromatic rings.